The normalized spacial score (nSPS) is 14.0. The molecule has 8 heavy (non-hydrogen) atoms. The standard InChI is InChI=1S/CHF3NO2S/c2-1(3,4)8(5,6)7/h5H. The van der Waals surface area contributed by atoms with E-state index in [0.717, 1.165) is 0 Å². The first kappa shape index (κ1) is 7.70. The molecule has 0 unspecified atom stereocenters. The second kappa shape index (κ2) is 1.59. The van der Waals surface area contributed by atoms with Gasteiger partial charge in [-0.25, -0.2) is 8.42 Å². The number of hydrogen-bond donors (Lipinski definition) is 0. The van der Waals surface area contributed by atoms with Gasteiger partial charge in [-0.15, -0.1) is 5.14 Å². The molecule has 1 N–H and O–H groups in total. The third-order valence-electron chi connectivity index (χ3n) is 0.305. The number of hydrogen-bond acceptors (Lipinski definition) is 2. The Hall–Kier alpha value is -0.300. The largest absolute Gasteiger partial charge is 0.512 e. The summed E-state index contributed by atoms with van der Waals surface area (Å²) < 4.78 is 50.8. The van der Waals surface area contributed by atoms with Gasteiger partial charge >= 0.3 is 15.5 Å². The van der Waals surface area contributed by atoms with Gasteiger partial charge in [0, 0.05) is 0 Å². The van der Waals surface area contributed by atoms with Crippen LogP contribution in [0.25, 0.3) is 0 Å². The van der Waals surface area contributed by atoms with Gasteiger partial charge in [0.05, 0.1) is 0 Å². The molecular weight excluding hydrogens is 147 g/mol. The highest BCUT2D eigenvalue weighted by Crippen LogP contribution is 2.19. The quantitative estimate of drug-likeness (QED) is 0.489. The maximum absolute atomic E-state index is 10.8. The van der Waals surface area contributed by atoms with Crippen LogP contribution in [0, 0.1) is 0 Å². The molecule has 0 aliphatic rings. The number of halogens is 3. The molecule has 0 spiro atoms. The van der Waals surface area contributed by atoms with E-state index >= 15 is 0 Å². The molecule has 0 amide bonds. The minimum atomic E-state index is -5.59. The molecule has 0 aliphatic carbocycles. The van der Waals surface area contributed by atoms with Crippen molar-refractivity contribution in [1.82, 2.24) is 5.14 Å². The van der Waals surface area contributed by atoms with Crippen molar-refractivity contribution in [2.75, 3.05) is 0 Å². The fourth-order valence-corrected chi connectivity index (χ4v) is 0. The molecule has 7 heteroatoms. The smallest absolute Gasteiger partial charge is 0.202 e. The van der Waals surface area contributed by atoms with Crippen molar-refractivity contribution in [2.24, 2.45) is 0 Å². The van der Waals surface area contributed by atoms with E-state index in [0.29, 0.717) is 0 Å². The first-order chi connectivity index (χ1) is 3.25. The van der Waals surface area contributed by atoms with Crippen molar-refractivity contribution < 1.29 is 21.6 Å². The van der Waals surface area contributed by atoms with Gasteiger partial charge < -0.3 is 0 Å². The summed E-state index contributed by atoms with van der Waals surface area (Å²) in [6.07, 6.45) is 0. The Morgan fingerprint density at radius 2 is 1.38 bits per heavy atom. The van der Waals surface area contributed by atoms with Crippen molar-refractivity contribution >= 4 is 10.0 Å². The zero-order chi connectivity index (χ0) is 7.00. The summed E-state index contributed by atoms with van der Waals surface area (Å²) in [6, 6.07) is 0. The molecule has 1 radical (unpaired) electrons. The van der Waals surface area contributed by atoms with Gasteiger partial charge in [-0.3, -0.25) is 0 Å². The van der Waals surface area contributed by atoms with E-state index in [9.17, 15) is 21.6 Å². The summed E-state index contributed by atoms with van der Waals surface area (Å²) in [4.78, 5) is 0. The third-order valence-corrected chi connectivity index (χ3v) is 0.914. The summed E-state index contributed by atoms with van der Waals surface area (Å²) in [5.74, 6) is 0. The average Bonchev–Trinajstić information content (AvgIpc) is 1.25. The van der Waals surface area contributed by atoms with Crippen molar-refractivity contribution in [3.05, 3.63) is 0 Å². The maximum Gasteiger partial charge on any atom is 0.512 e. The van der Waals surface area contributed by atoms with E-state index in [1.165, 1.54) is 0 Å². The number of alkyl halides is 3. The van der Waals surface area contributed by atoms with E-state index in [4.69, 9.17) is 5.14 Å². The molecule has 0 bridgehead atoms. The number of rotatable bonds is 0. The highest BCUT2D eigenvalue weighted by atomic mass is 32.2. The Labute approximate surface area is 43.3 Å². The molecule has 0 saturated carbocycles. The topological polar surface area (TPSA) is 57.9 Å². The molecule has 0 aliphatic heterocycles. The predicted octanol–water partition coefficient (Wildman–Crippen LogP) is 0.119. The van der Waals surface area contributed by atoms with Crippen molar-refractivity contribution in [2.45, 2.75) is 5.51 Å². The van der Waals surface area contributed by atoms with Crippen LogP contribution in [-0.2, 0) is 10.0 Å². The lowest BCUT2D eigenvalue weighted by Crippen LogP contribution is -2.23. The molecule has 3 nitrogen and oxygen atoms in total. The molecular formula is CHF3NO2S. The second-order valence-corrected chi connectivity index (χ2v) is 2.42. The minimum absolute atomic E-state index is 5.42. The van der Waals surface area contributed by atoms with Crippen LogP contribution in [0.5, 0.6) is 0 Å². The van der Waals surface area contributed by atoms with E-state index < -0.39 is 15.5 Å². The molecule has 49 valence electrons. The molecule has 0 heterocycles. The van der Waals surface area contributed by atoms with Gasteiger partial charge in [-0.05, 0) is 0 Å². The molecule has 0 rings (SSSR count). The van der Waals surface area contributed by atoms with E-state index in [-0.39, 0.29) is 0 Å². The average molecular weight is 148 g/mol. The SMILES string of the molecule is [NH]S(=O)(=O)C(F)(F)F. The summed E-state index contributed by atoms with van der Waals surface area (Å²) in [7, 11) is -5.59. The lowest BCUT2D eigenvalue weighted by Gasteiger charge is -1.97. The van der Waals surface area contributed by atoms with Crippen LogP contribution in [0.15, 0.2) is 0 Å². The summed E-state index contributed by atoms with van der Waals surface area (Å²) in [5.41, 5.74) is -5.42. The predicted molar refractivity (Wildman–Crippen MR) is 18.1 cm³/mol. The molecule has 0 aromatic rings. The number of nitrogens with one attached hydrogen (secondary N) is 1. The Morgan fingerprint density at radius 3 is 1.38 bits per heavy atom. The fraction of sp³-hybridized carbons (Fsp3) is 1.00. The van der Waals surface area contributed by atoms with Gasteiger partial charge in [0.1, 0.15) is 0 Å². The summed E-state index contributed by atoms with van der Waals surface area (Å²) in [6.45, 7) is 0. The van der Waals surface area contributed by atoms with Crippen LogP contribution in [0.4, 0.5) is 13.2 Å². The van der Waals surface area contributed by atoms with Crippen LogP contribution in [0.2, 0.25) is 0 Å². The first-order valence-electron chi connectivity index (χ1n) is 1.31. The van der Waals surface area contributed by atoms with E-state index in [1.54, 1.807) is 0 Å². The summed E-state index contributed by atoms with van der Waals surface area (Å²) >= 11 is 0. The highest BCUT2D eigenvalue weighted by Gasteiger charge is 2.43. The summed E-state index contributed by atoms with van der Waals surface area (Å²) in [5, 5.41) is 5.43. The lowest BCUT2D eigenvalue weighted by molar-refractivity contribution is -0.0438. The third kappa shape index (κ3) is 1.66. The first-order valence-corrected chi connectivity index (χ1v) is 2.79. The Bertz CT molecular complexity index is 166. The van der Waals surface area contributed by atoms with E-state index in [1.807, 2.05) is 0 Å². The van der Waals surface area contributed by atoms with Crippen LogP contribution < -0.4 is 5.14 Å². The number of sulfonamides is 1. The maximum atomic E-state index is 10.8. The van der Waals surface area contributed by atoms with Crippen molar-refractivity contribution in [3.63, 3.8) is 0 Å². The molecule has 0 aromatic heterocycles. The lowest BCUT2D eigenvalue weighted by atomic mass is 11.6. The van der Waals surface area contributed by atoms with Gasteiger partial charge in [0.2, 0.25) is 0 Å². The zero-order valence-electron chi connectivity index (χ0n) is 3.36. The van der Waals surface area contributed by atoms with Crippen molar-refractivity contribution in [3.8, 4) is 0 Å². The molecule has 0 saturated heterocycles. The Morgan fingerprint density at radius 1 is 1.25 bits per heavy atom. The van der Waals surface area contributed by atoms with Crippen molar-refractivity contribution in [1.29, 1.82) is 0 Å². The fourth-order valence-electron chi connectivity index (χ4n) is 0. The van der Waals surface area contributed by atoms with Gasteiger partial charge in [-0.1, -0.05) is 0 Å². The van der Waals surface area contributed by atoms with Gasteiger partial charge in [0.25, 0.3) is 0 Å². The van der Waals surface area contributed by atoms with Crippen LogP contribution in [0.1, 0.15) is 0 Å². The second-order valence-electron chi connectivity index (χ2n) is 0.949. The van der Waals surface area contributed by atoms with Gasteiger partial charge in [0.15, 0.2) is 0 Å². The Kier molecular flexibility index (Phi) is 1.53. The highest BCUT2D eigenvalue weighted by molar-refractivity contribution is 7.89. The van der Waals surface area contributed by atoms with Crippen LogP contribution in [-0.4, -0.2) is 13.9 Å². The monoisotopic (exact) mass is 148 g/mol. The van der Waals surface area contributed by atoms with Crippen LogP contribution >= 0.6 is 0 Å². The molecule has 0 atom stereocenters. The molecule has 0 fully saturated rings. The zero-order valence-corrected chi connectivity index (χ0v) is 4.18. The minimum Gasteiger partial charge on any atom is -0.202 e. The Balaban J connectivity index is 4.53. The van der Waals surface area contributed by atoms with Gasteiger partial charge in [-0.2, -0.15) is 13.2 Å². The van der Waals surface area contributed by atoms with Crippen LogP contribution in [0.3, 0.4) is 0 Å². The molecule has 0 aromatic carbocycles. The van der Waals surface area contributed by atoms with E-state index in [2.05, 4.69) is 0 Å².